The number of fused-ring (bicyclic) bond motifs is 2. The van der Waals surface area contributed by atoms with E-state index in [2.05, 4.69) is 0 Å². The molecular formula is C20H30O7. The van der Waals surface area contributed by atoms with Crippen LogP contribution in [-0.2, 0) is 23.9 Å². The number of esters is 2. The highest BCUT2D eigenvalue weighted by molar-refractivity contribution is 5.89. The Balaban J connectivity index is 1.91. The third kappa shape index (κ3) is 2.99. The zero-order chi connectivity index (χ0) is 20.1. The van der Waals surface area contributed by atoms with E-state index in [9.17, 15) is 24.6 Å². The largest absolute Gasteiger partial charge is 0.461 e. The fourth-order valence-corrected chi connectivity index (χ4v) is 5.38. The SMILES string of the molecule is CCC(C)C(=O)O[C@H]1CC(=O)[C@@]2(C)C[C@H]3[C@@H](C[C@@H](C)[C@H]12)OC(=O)[C@]3(O)CO. The Morgan fingerprint density at radius 1 is 1.41 bits per heavy atom. The third-order valence-electron chi connectivity index (χ3n) is 7.22. The first kappa shape index (κ1) is 20.3. The fourth-order valence-electron chi connectivity index (χ4n) is 5.38. The lowest BCUT2D eigenvalue weighted by molar-refractivity contribution is -0.161. The van der Waals surface area contributed by atoms with Gasteiger partial charge in [0.25, 0.3) is 0 Å². The number of hydrogen-bond donors (Lipinski definition) is 2. The number of aliphatic hydroxyl groups excluding tert-OH is 1. The van der Waals surface area contributed by atoms with Crippen LogP contribution in [0.1, 0.15) is 53.4 Å². The molecule has 3 aliphatic rings. The number of rotatable bonds is 4. The Morgan fingerprint density at radius 2 is 2.07 bits per heavy atom. The molecule has 0 radical (unpaired) electrons. The van der Waals surface area contributed by atoms with Gasteiger partial charge in [0.05, 0.1) is 12.5 Å². The molecule has 2 aliphatic carbocycles. The van der Waals surface area contributed by atoms with Crippen LogP contribution >= 0.6 is 0 Å². The molecular weight excluding hydrogens is 352 g/mol. The topological polar surface area (TPSA) is 110 Å². The average Bonchev–Trinajstić information content (AvgIpc) is 2.94. The molecule has 0 aromatic carbocycles. The number of ether oxygens (including phenoxy) is 2. The molecule has 1 heterocycles. The maximum absolute atomic E-state index is 13.0. The lowest BCUT2D eigenvalue weighted by atomic mass is 9.68. The summed E-state index contributed by atoms with van der Waals surface area (Å²) in [6.45, 7) is 6.78. The molecule has 0 aromatic heterocycles. The minimum atomic E-state index is -1.98. The number of hydrogen-bond acceptors (Lipinski definition) is 7. The molecule has 2 saturated carbocycles. The molecule has 3 rings (SSSR count). The van der Waals surface area contributed by atoms with Crippen LogP contribution in [0.15, 0.2) is 0 Å². The Labute approximate surface area is 159 Å². The quantitative estimate of drug-likeness (QED) is 0.704. The van der Waals surface area contributed by atoms with Gasteiger partial charge in [-0.2, -0.15) is 0 Å². The average molecular weight is 382 g/mol. The summed E-state index contributed by atoms with van der Waals surface area (Å²) < 4.78 is 11.1. The molecule has 1 aliphatic heterocycles. The summed E-state index contributed by atoms with van der Waals surface area (Å²) in [4.78, 5) is 37.4. The summed E-state index contributed by atoms with van der Waals surface area (Å²) in [5.41, 5.74) is -2.82. The highest BCUT2D eigenvalue weighted by atomic mass is 16.6. The molecule has 8 atom stereocenters. The van der Waals surface area contributed by atoms with Crippen molar-refractivity contribution in [3.05, 3.63) is 0 Å². The van der Waals surface area contributed by atoms with Gasteiger partial charge in [-0.05, 0) is 25.2 Å². The highest BCUT2D eigenvalue weighted by Gasteiger charge is 2.65. The molecule has 7 heteroatoms. The summed E-state index contributed by atoms with van der Waals surface area (Å²) >= 11 is 0. The van der Waals surface area contributed by atoms with Crippen LogP contribution in [0.3, 0.4) is 0 Å². The van der Waals surface area contributed by atoms with Crippen molar-refractivity contribution >= 4 is 17.7 Å². The van der Waals surface area contributed by atoms with Gasteiger partial charge in [0.1, 0.15) is 18.0 Å². The molecule has 2 N–H and O–H groups in total. The number of ketones is 1. The minimum absolute atomic E-state index is 0.0263. The van der Waals surface area contributed by atoms with Crippen molar-refractivity contribution in [3.63, 3.8) is 0 Å². The Bertz CT molecular complexity index is 646. The zero-order valence-electron chi connectivity index (χ0n) is 16.4. The van der Waals surface area contributed by atoms with Gasteiger partial charge in [0, 0.05) is 23.7 Å². The van der Waals surface area contributed by atoms with E-state index in [0.29, 0.717) is 12.8 Å². The number of carbonyl (C=O) groups is 3. The monoisotopic (exact) mass is 382 g/mol. The molecule has 27 heavy (non-hydrogen) atoms. The van der Waals surface area contributed by atoms with Gasteiger partial charge >= 0.3 is 11.9 Å². The molecule has 0 aromatic rings. The Kier molecular flexibility index (Phi) is 5.14. The second kappa shape index (κ2) is 6.85. The smallest absolute Gasteiger partial charge is 0.341 e. The van der Waals surface area contributed by atoms with E-state index in [1.54, 1.807) is 6.92 Å². The fraction of sp³-hybridized carbons (Fsp3) is 0.850. The molecule has 1 unspecified atom stereocenters. The number of Topliss-reactive ketones (excluding diaryl/α,β-unsaturated/α-hetero) is 1. The molecule has 0 amide bonds. The van der Waals surface area contributed by atoms with Crippen molar-refractivity contribution in [3.8, 4) is 0 Å². The maximum atomic E-state index is 13.0. The van der Waals surface area contributed by atoms with Crippen LogP contribution in [0.2, 0.25) is 0 Å². The second-order valence-electron chi connectivity index (χ2n) is 8.90. The lowest BCUT2D eigenvalue weighted by Crippen LogP contribution is -2.48. The van der Waals surface area contributed by atoms with E-state index in [0.717, 1.165) is 0 Å². The van der Waals surface area contributed by atoms with Crippen LogP contribution < -0.4 is 0 Å². The van der Waals surface area contributed by atoms with E-state index < -0.39 is 41.7 Å². The van der Waals surface area contributed by atoms with E-state index in [-0.39, 0.29) is 42.3 Å². The van der Waals surface area contributed by atoms with Crippen molar-refractivity contribution in [1.29, 1.82) is 0 Å². The van der Waals surface area contributed by atoms with E-state index >= 15 is 0 Å². The zero-order valence-corrected chi connectivity index (χ0v) is 16.4. The third-order valence-corrected chi connectivity index (χ3v) is 7.22. The summed E-state index contributed by atoms with van der Waals surface area (Å²) in [7, 11) is 0. The molecule has 0 bridgehead atoms. The first-order chi connectivity index (χ1) is 12.6. The van der Waals surface area contributed by atoms with Crippen LogP contribution in [0.5, 0.6) is 0 Å². The summed E-state index contributed by atoms with van der Waals surface area (Å²) in [6.07, 6.45) is 0.453. The second-order valence-corrected chi connectivity index (χ2v) is 8.90. The Hall–Kier alpha value is -1.47. The molecule has 152 valence electrons. The van der Waals surface area contributed by atoms with Crippen LogP contribution in [0, 0.1) is 29.1 Å². The highest BCUT2D eigenvalue weighted by Crippen LogP contribution is 2.56. The van der Waals surface area contributed by atoms with Crippen molar-refractivity contribution in [2.45, 2.75) is 71.2 Å². The van der Waals surface area contributed by atoms with Crippen molar-refractivity contribution < 1.29 is 34.1 Å². The summed E-state index contributed by atoms with van der Waals surface area (Å²) in [5.74, 6) is -2.27. The van der Waals surface area contributed by atoms with Crippen molar-refractivity contribution in [2.24, 2.45) is 29.1 Å². The summed E-state index contributed by atoms with van der Waals surface area (Å²) in [6, 6.07) is 0. The van der Waals surface area contributed by atoms with Gasteiger partial charge in [0.2, 0.25) is 0 Å². The van der Waals surface area contributed by atoms with Crippen LogP contribution in [-0.4, -0.2) is 52.4 Å². The summed E-state index contributed by atoms with van der Waals surface area (Å²) in [5, 5.41) is 20.3. The first-order valence-corrected chi connectivity index (χ1v) is 9.86. The van der Waals surface area contributed by atoms with Gasteiger partial charge in [0.15, 0.2) is 5.60 Å². The van der Waals surface area contributed by atoms with Gasteiger partial charge in [-0.15, -0.1) is 0 Å². The van der Waals surface area contributed by atoms with E-state index in [4.69, 9.17) is 9.47 Å². The van der Waals surface area contributed by atoms with E-state index in [1.165, 1.54) is 0 Å². The first-order valence-electron chi connectivity index (χ1n) is 9.86. The van der Waals surface area contributed by atoms with Gasteiger partial charge < -0.3 is 19.7 Å². The minimum Gasteiger partial charge on any atom is -0.461 e. The predicted molar refractivity (Wildman–Crippen MR) is 94.4 cm³/mol. The number of aliphatic hydroxyl groups is 2. The normalized spacial score (nSPS) is 44.9. The molecule has 0 spiro atoms. The van der Waals surface area contributed by atoms with Crippen molar-refractivity contribution in [1.82, 2.24) is 0 Å². The maximum Gasteiger partial charge on any atom is 0.341 e. The van der Waals surface area contributed by atoms with Gasteiger partial charge in [-0.25, -0.2) is 4.79 Å². The van der Waals surface area contributed by atoms with Crippen LogP contribution in [0.4, 0.5) is 0 Å². The van der Waals surface area contributed by atoms with Crippen molar-refractivity contribution in [2.75, 3.05) is 6.61 Å². The van der Waals surface area contributed by atoms with Crippen LogP contribution in [0.25, 0.3) is 0 Å². The number of carbonyl (C=O) groups excluding carboxylic acids is 3. The molecule has 3 fully saturated rings. The molecule has 7 nitrogen and oxygen atoms in total. The standard InChI is InChI=1S/C20H30O7/c1-5-10(2)17(23)26-14-7-15(22)19(4)8-12-13(6-11(3)16(14)19)27-18(24)20(12,25)9-21/h10-14,16,21,25H,5-9H2,1-4H3/t10?,11-,12+,13-,14+,16-,19-,20+/m1/s1. The molecule has 1 saturated heterocycles. The predicted octanol–water partition coefficient (Wildman–Crippen LogP) is 1.23. The van der Waals surface area contributed by atoms with E-state index in [1.807, 2.05) is 20.8 Å². The lowest BCUT2D eigenvalue weighted by Gasteiger charge is -2.36. The van der Waals surface area contributed by atoms with Gasteiger partial charge in [-0.3, -0.25) is 9.59 Å². The van der Waals surface area contributed by atoms with Gasteiger partial charge in [-0.1, -0.05) is 27.7 Å². The Morgan fingerprint density at radius 3 is 2.67 bits per heavy atom.